The minimum absolute atomic E-state index is 0.254. The van der Waals surface area contributed by atoms with Gasteiger partial charge in [0, 0.05) is 5.75 Å². The van der Waals surface area contributed by atoms with Crippen LogP contribution in [0.25, 0.3) is 11.2 Å². The van der Waals surface area contributed by atoms with E-state index >= 15 is 0 Å². The Morgan fingerprint density at radius 3 is 3.00 bits per heavy atom. The summed E-state index contributed by atoms with van der Waals surface area (Å²) in [6.45, 7) is -0.450. The fourth-order valence-electron chi connectivity index (χ4n) is 1.39. The number of fused-ring (bicyclic) bond motifs is 1. The van der Waals surface area contributed by atoms with Crippen molar-refractivity contribution in [3.8, 4) is 0 Å². The van der Waals surface area contributed by atoms with E-state index in [2.05, 4.69) is 25.3 Å². The molecule has 2 heterocycles. The maximum Gasteiger partial charge on any atom is 0.322 e. The Hall–Kier alpha value is -2.20. The summed E-state index contributed by atoms with van der Waals surface area (Å²) in [4.78, 5) is 36.8. The van der Waals surface area contributed by atoms with Crippen LogP contribution < -0.4 is 11.1 Å². The molecule has 0 saturated carbocycles. The van der Waals surface area contributed by atoms with E-state index in [9.17, 15) is 9.59 Å². The van der Waals surface area contributed by atoms with Gasteiger partial charge in [0.05, 0.1) is 12.4 Å². The van der Waals surface area contributed by atoms with Crippen molar-refractivity contribution in [2.75, 3.05) is 12.3 Å². The number of H-pyrrole nitrogens is 1. The summed E-state index contributed by atoms with van der Waals surface area (Å²) in [7, 11) is 0. The fourth-order valence-corrected chi connectivity index (χ4v) is 2.28. The Bertz CT molecular complexity index is 630. The minimum Gasteiger partial charge on any atom is -0.480 e. The van der Waals surface area contributed by atoms with Gasteiger partial charge in [0.1, 0.15) is 23.4 Å². The molecular weight excluding hydrogens is 284 g/mol. The number of nitrogens with one attached hydrogen (secondary N) is 2. The van der Waals surface area contributed by atoms with Crippen LogP contribution in [0.3, 0.4) is 0 Å². The Labute approximate surface area is 117 Å². The van der Waals surface area contributed by atoms with Gasteiger partial charge in [-0.1, -0.05) is 0 Å². The second-order valence-electron chi connectivity index (χ2n) is 3.81. The number of aromatic amines is 1. The van der Waals surface area contributed by atoms with E-state index in [-0.39, 0.29) is 5.75 Å². The van der Waals surface area contributed by atoms with Gasteiger partial charge in [-0.2, -0.15) is 0 Å². The highest BCUT2D eigenvalue weighted by atomic mass is 32.2. The molecule has 0 spiro atoms. The molecule has 10 heteroatoms. The molecule has 9 nitrogen and oxygen atoms in total. The third-order valence-electron chi connectivity index (χ3n) is 2.33. The highest BCUT2D eigenvalue weighted by molar-refractivity contribution is 7.99. The zero-order valence-corrected chi connectivity index (χ0v) is 11.1. The first-order chi connectivity index (χ1) is 9.58. The molecule has 20 heavy (non-hydrogen) atoms. The number of carboxylic acid groups (broad SMARTS) is 1. The Morgan fingerprint density at radius 1 is 1.45 bits per heavy atom. The summed E-state index contributed by atoms with van der Waals surface area (Å²) in [6, 6.07) is -0.830. The van der Waals surface area contributed by atoms with Crippen molar-refractivity contribution >= 4 is 34.8 Å². The molecule has 0 fully saturated rings. The van der Waals surface area contributed by atoms with Crippen molar-refractivity contribution in [2.24, 2.45) is 5.73 Å². The van der Waals surface area contributed by atoms with Gasteiger partial charge in [0.15, 0.2) is 5.65 Å². The molecule has 106 valence electrons. The first-order valence-corrected chi connectivity index (χ1v) is 6.58. The first kappa shape index (κ1) is 14.2. The summed E-state index contributed by atoms with van der Waals surface area (Å²) in [6.07, 6.45) is 2.89. The number of aliphatic carboxylic acids is 1. The number of aromatic nitrogens is 4. The Morgan fingerprint density at radius 2 is 2.25 bits per heavy atom. The highest BCUT2D eigenvalue weighted by Gasteiger charge is 2.16. The number of rotatable bonds is 6. The summed E-state index contributed by atoms with van der Waals surface area (Å²) in [5, 5.41) is 11.3. The molecule has 0 aliphatic carbocycles. The molecule has 0 aromatic carbocycles. The summed E-state index contributed by atoms with van der Waals surface area (Å²) < 4.78 is 0. The molecule has 0 aliphatic heterocycles. The zero-order valence-electron chi connectivity index (χ0n) is 10.2. The summed E-state index contributed by atoms with van der Waals surface area (Å²) in [5.74, 6) is -1.38. The Balaban J connectivity index is 1.93. The normalized spacial score (nSPS) is 12.2. The van der Waals surface area contributed by atoms with Crippen molar-refractivity contribution in [2.45, 2.75) is 11.1 Å². The third-order valence-corrected chi connectivity index (χ3v) is 3.43. The van der Waals surface area contributed by atoms with Gasteiger partial charge >= 0.3 is 5.97 Å². The molecule has 2 aromatic heterocycles. The van der Waals surface area contributed by atoms with Gasteiger partial charge in [0.25, 0.3) is 0 Å². The number of hydrogen-bond donors (Lipinski definition) is 4. The molecule has 0 aliphatic rings. The van der Waals surface area contributed by atoms with Crippen LogP contribution in [0.15, 0.2) is 17.7 Å². The van der Waals surface area contributed by atoms with Crippen LogP contribution in [0.4, 0.5) is 0 Å². The van der Waals surface area contributed by atoms with Crippen molar-refractivity contribution in [3.05, 3.63) is 12.7 Å². The van der Waals surface area contributed by atoms with Gasteiger partial charge in [-0.05, 0) is 0 Å². The predicted molar refractivity (Wildman–Crippen MR) is 71.0 cm³/mol. The molecule has 0 radical (unpaired) electrons. The van der Waals surface area contributed by atoms with Crippen molar-refractivity contribution in [3.63, 3.8) is 0 Å². The van der Waals surface area contributed by atoms with Gasteiger partial charge in [-0.3, -0.25) is 9.59 Å². The van der Waals surface area contributed by atoms with Crippen LogP contribution in [0.2, 0.25) is 0 Å². The minimum atomic E-state index is -1.12. The van der Waals surface area contributed by atoms with E-state index in [0.717, 1.165) is 0 Å². The lowest BCUT2D eigenvalue weighted by Gasteiger charge is -2.10. The number of carbonyl (C=O) groups excluding carboxylic acids is 1. The van der Waals surface area contributed by atoms with E-state index in [4.69, 9.17) is 10.8 Å². The van der Waals surface area contributed by atoms with E-state index in [1.807, 2.05) is 0 Å². The lowest BCUT2D eigenvalue weighted by Crippen LogP contribution is -2.44. The van der Waals surface area contributed by atoms with Crippen molar-refractivity contribution in [1.82, 2.24) is 25.3 Å². The molecule has 5 N–H and O–H groups in total. The van der Waals surface area contributed by atoms with Crippen LogP contribution in [-0.2, 0) is 9.59 Å². The largest absolute Gasteiger partial charge is 0.480 e. The van der Waals surface area contributed by atoms with Crippen LogP contribution >= 0.6 is 11.8 Å². The third kappa shape index (κ3) is 3.42. The predicted octanol–water partition coefficient (Wildman–Crippen LogP) is -1.03. The van der Waals surface area contributed by atoms with Gasteiger partial charge in [-0.25, -0.2) is 15.0 Å². The average molecular weight is 296 g/mol. The topological polar surface area (TPSA) is 147 Å². The molecule has 0 bridgehead atoms. The number of nitrogens with two attached hydrogens (primary N) is 1. The second kappa shape index (κ2) is 6.30. The van der Waals surface area contributed by atoms with Gasteiger partial charge in [0.2, 0.25) is 5.91 Å². The van der Waals surface area contributed by atoms with Crippen LogP contribution in [0.5, 0.6) is 0 Å². The fraction of sp³-hybridized carbons (Fsp3) is 0.300. The smallest absolute Gasteiger partial charge is 0.322 e. The van der Waals surface area contributed by atoms with E-state index in [1.165, 1.54) is 24.4 Å². The molecule has 2 aromatic rings. The second-order valence-corrected chi connectivity index (χ2v) is 4.82. The first-order valence-electron chi connectivity index (χ1n) is 5.60. The standard InChI is InChI=1S/C10H12N6O3S/c11-5(9(19)12-1-6(17)18)2-20-10-7-8(14-3-13-7)15-4-16-10/h3-5H,1-2,11H2,(H,12,19)(H,17,18)(H,13,14,15,16). The maximum absolute atomic E-state index is 11.5. The van der Waals surface area contributed by atoms with E-state index < -0.39 is 24.5 Å². The lowest BCUT2D eigenvalue weighted by molar-refractivity contribution is -0.138. The maximum atomic E-state index is 11.5. The number of imidazole rings is 1. The van der Waals surface area contributed by atoms with Crippen LogP contribution in [0, 0.1) is 0 Å². The molecule has 1 amide bonds. The Kier molecular flexibility index (Phi) is 4.48. The van der Waals surface area contributed by atoms with Crippen LogP contribution in [0.1, 0.15) is 0 Å². The number of nitrogens with zero attached hydrogens (tertiary/aromatic N) is 3. The van der Waals surface area contributed by atoms with E-state index in [0.29, 0.717) is 16.2 Å². The highest BCUT2D eigenvalue weighted by Crippen LogP contribution is 2.21. The monoisotopic (exact) mass is 296 g/mol. The molecule has 1 atom stereocenters. The summed E-state index contributed by atoms with van der Waals surface area (Å²) in [5.41, 5.74) is 6.88. The SMILES string of the molecule is NC(CSc1ncnc2[nH]cnc12)C(=O)NCC(=O)O. The van der Waals surface area contributed by atoms with Crippen molar-refractivity contribution < 1.29 is 14.7 Å². The number of hydrogen-bond acceptors (Lipinski definition) is 7. The number of carbonyl (C=O) groups is 2. The number of carboxylic acids is 1. The molecule has 2 rings (SSSR count). The van der Waals surface area contributed by atoms with E-state index in [1.54, 1.807) is 0 Å². The number of thioether (sulfide) groups is 1. The quantitative estimate of drug-likeness (QED) is 0.391. The average Bonchev–Trinajstić information content (AvgIpc) is 2.90. The molecule has 1 unspecified atom stereocenters. The van der Waals surface area contributed by atoms with Crippen LogP contribution in [-0.4, -0.2) is 55.3 Å². The molecular formula is C10H12N6O3S. The van der Waals surface area contributed by atoms with Gasteiger partial charge in [-0.15, -0.1) is 11.8 Å². The van der Waals surface area contributed by atoms with Crippen molar-refractivity contribution in [1.29, 1.82) is 0 Å². The zero-order chi connectivity index (χ0) is 14.5. The molecule has 0 saturated heterocycles. The van der Waals surface area contributed by atoms with Gasteiger partial charge < -0.3 is 21.1 Å². The lowest BCUT2D eigenvalue weighted by atomic mass is 10.3. The number of amides is 1. The summed E-state index contributed by atoms with van der Waals surface area (Å²) >= 11 is 1.26.